The summed E-state index contributed by atoms with van der Waals surface area (Å²) in [5.41, 5.74) is 0. The van der Waals surface area contributed by atoms with Crippen molar-refractivity contribution in [2.75, 3.05) is 13.6 Å². The minimum absolute atomic E-state index is 0.138. The number of hydrogen-bond acceptors (Lipinski definition) is 4. The summed E-state index contributed by atoms with van der Waals surface area (Å²) in [5, 5.41) is 7.01. The van der Waals surface area contributed by atoms with Crippen LogP contribution in [0.3, 0.4) is 0 Å². The number of nitrogens with one attached hydrogen (secondary N) is 1. The van der Waals surface area contributed by atoms with Crippen molar-refractivity contribution < 1.29 is 4.79 Å². The average molecular weight is 280 g/mol. The lowest BCUT2D eigenvalue weighted by Gasteiger charge is -2.21. The van der Waals surface area contributed by atoms with Gasteiger partial charge < -0.3 is 10.2 Å². The monoisotopic (exact) mass is 280 g/mol. The Kier molecular flexibility index (Phi) is 4.92. The van der Waals surface area contributed by atoms with Gasteiger partial charge in [-0.3, -0.25) is 4.79 Å². The first kappa shape index (κ1) is 13.3. The van der Waals surface area contributed by atoms with E-state index in [-0.39, 0.29) is 5.91 Å². The van der Waals surface area contributed by atoms with Crippen LogP contribution in [0.15, 0.2) is 35.0 Å². The molecule has 1 amide bonds. The largest absolute Gasteiger partial charge is 0.331 e. The van der Waals surface area contributed by atoms with Gasteiger partial charge in [0.25, 0.3) is 0 Å². The lowest BCUT2D eigenvalue weighted by atomic mass is 10.3. The van der Waals surface area contributed by atoms with E-state index in [2.05, 4.69) is 17.4 Å². The quantitative estimate of drug-likeness (QED) is 0.882. The van der Waals surface area contributed by atoms with Crippen LogP contribution in [0, 0.1) is 0 Å². The third-order valence-electron chi connectivity index (χ3n) is 2.53. The maximum Gasteiger partial charge on any atom is 0.237 e. The Hall–Kier alpha value is -1.17. The summed E-state index contributed by atoms with van der Waals surface area (Å²) >= 11 is 3.38. The van der Waals surface area contributed by atoms with Gasteiger partial charge in [0.2, 0.25) is 5.91 Å². The van der Waals surface area contributed by atoms with Gasteiger partial charge in [-0.2, -0.15) is 0 Å². The van der Waals surface area contributed by atoms with Crippen LogP contribution in [-0.2, 0) is 17.9 Å². The molecule has 3 nitrogen and oxygen atoms in total. The maximum atomic E-state index is 12.1. The van der Waals surface area contributed by atoms with E-state index in [9.17, 15) is 4.79 Å². The highest BCUT2D eigenvalue weighted by Gasteiger charge is 2.14. The van der Waals surface area contributed by atoms with Crippen molar-refractivity contribution in [1.82, 2.24) is 10.2 Å². The van der Waals surface area contributed by atoms with Gasteiger partial charge in [-0.1, -0.05) is 12.1 Å². The molecule has 0 aliphatic heterocycles. The molecule has 0 saturated carbocycles. The predicted molar refractivity (Wildman–Crippen MR) is 76.8 cm³/mol. The van der Waals surface area contributed by atoms with E-state index in [1.807, 2.05) is 27.8 Å². The van der Waals surface area contributed by atoms with Crippen LogP contribution in [0.1, 0.15) is 9.75 Å². The van der Waals surface area contributed by atoms with Gasteiger partial charge in [0.15, 0.2) is 0 Å². The van der Waals surface area contributed by atoms with Crippen LogP contribution in [-0.4, -0.2) is 24.4 Å². The van der Waals surface area contributed by atoms with Crippen molar-refractivity contribution in [3.05, 3.63) is 44.8 Å². The number of rotatable bonds is 6. The Balaban J connectivity index is 2.04. The molecular formula is C13H16N2OS2. The molecule has 0 aliphatic rings. The van der Waals surface area contributed by atoms with Crippen molar-refractivity contribution in [2.24, 2.45) is 0 Å². The smallest absolute Gasteiger partial charge is 0.237 e. The molecule has 0 fully saturated rings. The van der Waals surface area contributed by atoms with E-state index in [4.69, 9.17) is 0 Å². The van der Waals surface area contributed by atoms with Crippen LogP contribution in [0.2, 0.25) is 0 Å². The van der Waals surface area contributed by atoms with Crippen molar-refractivity contribution in [3.8, 4) is 0 Å². The molecule has 0 unspecified atom stereocenters. The fraction of sp³-hybridized carbons (Fsp3) is 0.308. The molecule has 5 heteroatoms. The molecular weight excluding hydrogens is 264 g/mol. The van der Waals surface area contributed by atoms with Gasteiger partial charge in [0.05, 0.1) is 19.6 Å². The zero-order valence-electron chi connectivity index (χ0n) is 10.3. The van der Waals surface area contributed by atoms with Crippen molar-refractivity contribution in [1.29, 1.82) is 0 Å². The second-order valence-corrected chi connectivity index (χ2v) is 6.00. The van der Waals surface area contributed by atoms with E-state index >= 15 is 0 Å². The fourth-order valence-corrected chi connectivity index (χ4v) is 3.12. The zero-order chi connectivity index (χ0) is 12.8. The first-order chi connectivity index (χ1) is 8.79. The summed E-state index contributed by atoms with van der Waals surface area (Å²) in [6, 6.07) is 8.18. The number of carbonyl (C=O) groups is 1. The number of amides is 1. The summed E-state index contributed by atoms with van der Waals surface area (Å²) < 4.78 is 0. The Morgan fingerprint density at radius 3 is 2.11 bits per heavy atom. The molecule has 2 heterocycles. The molecule has 96 valence electrons. The van der Waals surface area contributed by atoms with Crippen LogP contribution < -0.4 is 5.32 Å². The molecule has 2 rings (SSSR count). The van der Waals surface area contributed by atoms with E-state index < -0.39 is 0 Å². The maximum absolute atomic E-state index is 12.1. The summed E-state index contributed by atoms with van der Waals surface area (Å²) in [5.74, 6) is 0.138. The van der Waals surface area contributed by atoms with Crippen LogP contribution in [0.25, 0.3) is 0 Å². The number of likely N-dealkylation sites (N-methyl/N-ethyl adjacent to an activating group) is 1. The second kappa shape index (κ2) is 6.68. The molecule has 2 aromatic rings. The molecule has 18 heavy (non-hydrogen) atoms. The third-order valence-corrected chi connectivity index (χ3v) is 4.26. The molecule has 2 aromatic heterocycles. The summed E-state index contributed by atoms with van der Waals surface area (Å²) in [6.07, 6.45) is 0. The molecule has 0 atom stereocenters. The highest BCUT2D eigenvalue weighted by Crippen LogP contribution is 2.17. The van der Waals surface area contributed by atoms with E-state index in [0.29, 0.717) is 19.6 Å². The first-order valence-electron chi connectivity index (χ1n) is 5.76. The fourth-order valence-electron chi connectivity index (χ4n) is 1.68. The highest BCUT2D eigenvalue weighted by molar-refractivity contribution is 7.10. The van der Waals surface area contributed by atoms with Gasteiger partial charge in [0.1, 0.15) is 0 Å². The van der Waals surface area contributed by atoms with Crippen molar-refractivity contribution in [2.45, 2.75) is 13.1 Å². The molecule has 1 N–H and O–H groups in total. The first-order valence-corrected chi connectivity index (χ1v) is 7.52. The molecule has 0 aromatic carbocycles. The summed E-state index contributed by atoms with van der Waals surface area (Å²) in [6.45, 7) is 1.77. The standard InChI is InChI=1S/C13H16N2OS2/c1-14-8-13(16)15(9-11-4-2-6-17-11)10-12-5-3-7-18-12/h2-7,14H,8-10H2,1H3. The SMILES string of the molecule is CNCC(=O)N(Cc1cccs1)Cc1cccs1. The molecule has 0 spiro atoms. The normalized spacial score (nSPS) is 10.5. The van der Waals surface area contributed by atoms with Crippen LogP contribution in [0.4, 0.5) is 0 Å². The second-order valence-electron chi connectivity index (χ2n) is 3.94. The topological polar surface area (TPSA) is 32.3 Å². The Morgan fingerprint density at radius 2 is 1.72 bits per heavy atom. The average Bonchev–Trinajstić information content (AvgIpc) is 3.01. The predicted octanol–water partition coefficient (Wildman–Crippen LogP) is 2.56. The lowest BCUT2D eigenvalue weighted by molar-refractivity contribution is -0.131. The Bertz CT molecular complexity index is 429. The van der Waals surface area contributed by atoms with Crippen molar-refractivity contribution in [3.63, 3.8) is 0 Å². The van der Waals surface area contributed by atoms with Gasteiger partial charge in [-0.05, 0) is 29.9 Å². The summed E-state index contributed by atoms with van der Waals surface area (Å²) in [7, 11) is 1.80. The molecule has 0 bridgehead atoms. The van der Waals surface area contributed by atoms with Crippen molar-refractivity contribution >= 4 is 28.6 Å². The minimum atomic E-state index is 0.138. The number of carbonyl (C=O) groups excluding carboxylic acids is 1. The molecule has 0 radical (unpaired) electrons. The van der Waals surface area contributed by atoms with E-state index in [1.165, 1.54) is 9.75 Å². The summed E-state index contributed by atoms with van der Waals surface area (Å²) in [4.78, 5) is 16.4. The van der Waals surface area contributed by atoms with E-state index in [1.54, 1.807) is 29.7 Å². The lowest BCUT2D eigenvalue weighted by Crippen LogP contribution is -2.35. The van der Waals surface area contributed by atoms with Gasteiger partial charge in [-0.25, -0.2) is 0 Å². The third kappa shape index (κ3) is 3.66. The Morgan fingerprint density at radius 1 is 1.17 bits per heavy atom. The number of hydrogen-bond donors (Lipinski definition) is 1. The number of thiophene rings is 2. The Labute approximate surface area is 115 Å². The van der Waals surface area contributed by atoms with Gasteiger partial charge in [-0.15, -0.1) is 22.7 Å². The van der Waals surface area contributed by atoms with Crippen LogP contribution >= 0.6 is 22.7 Å². The highest BCUT2D eigenvalue weighted by atomic mass is 32.1. The minimum Gasteiger partial charge on any atom is -0.331 e. The zero-order valence-corrected chi connectivity index (χ0v) is 11.9. The van der Waals surface area contributed by atoms with Gasteiger partial charge >= 0.3 is 0 Å². The van der Waals surface area contributed by atoms with Crippen LogP contribution in [0.5, 0.6) is 0 Å². The number of nitrogens with zero attached hydrogens (tertiary/aromatic N) is 1. The van der Waals surface area contributed by atoms with Gasteiger partial charge in [0, 0.05) is 9.75 Å². The molecule has 0 aliphatic carbocycles. The molecule has 0 saturated heterocycles. The van der Waals surface area contributed by atoms with E-state index in [0.717, 1.165) is 0 Å².